The first kappa shape index (κ1) is 25.3. The second-order valence-electron chi connectivity index (χ2n) is 7.60. The van der Waals surface area contributed by atoms with Gasteiger partial charge in [0.15, 0.2) is 0 Å². The maximum Gasteiger partial charge on any atom is 0.251 e. The molecule has 0 saturated heterocycles. The van der Waals surface area contributed by atoms with Gasteiger partial charge in [-0.05, 0) is 50.1 Å². The molecular formula is C23H27F2N3O3S. The van der Waals surface area contributed by atoms with Crippen molar-refractivity contribution in [1.29, 1.82) is 0 Å². The minimum Gasteiger partial charge on any atom is -0.386 e. The first-order valence-corrected chi connectivity index (χ1v) is 10.5. The number of ether oxygens (including phenoxy) is 1. The summed E-state index contributed by atoms with van der Waals surface area (Å²) in [6.45, 7) is 7.28. The Morgan fingerprint density at radius 1 is 1.28 bits per heavy atom. The van der Waals surface area contributed by atoms with E-state index in [9.17, 15) is 18.7 Å². The lowest BCUT2D eigenvalue weighted by Crippen LogP contribution is -2.16. The Hall–Kier alpha value is -3.01. The van der Waals surface area contributed by atoms with Crippen LogP contribution in [0, 0.1) is 11.6 Å². The highest BCUT2D eigenvalue weighted by molar-refractivity contribution is 7.19. The lowest BCUT2D eigenvalue weighted by molar-refractivity contribution is 0.0778. The quantitative estimate of drug-likeness (QED) is 0.391. The zero-order chi connectivity index (χ0) is 24.1. The van der Waals surface area contributed by atoms with Crippen molar-refractivity contribution in [2.45, 2.75) is 25.9 Å². The van der Waals surface area contributed by atoms with Crippen molar-refractivity contribution in [1.82, 2.24) is 0 Å². The van der Waals surface area contributed by atoms with E-state index in [1.165, 1.54) is 19.9 Å². The number of halogens is 2. The van der Waals surface area contributed by atoms with Crippen molar-refractivity contribution in [2.24, 2.45) is 11.5 Å². The molecule has 0 fully saturated rings. The van der Waals surface area contributed by atoms with Gasteiger partial charge in [-0.15, -0.1) is 11.3 Å². The molecule has 0 aliphatic heterocycles. The summed E-state index contributed by atoms with van der Waals surface area (Å²) in [7, 11) is 1.60. The van der Waals surface area contributed by atoms with Gasteiger partial charge in [-0.25, -0.2) is 8.78 Å². The molecule has 172 valence electrons. The summed E-state index contributed by atoms with van der Waals surface area (Å²) in [5, 5.41) is 13.1. The second-order valence-corrected chi connectivity index (χ2v) is 8.65. The molecule has 0 spiro atoms. The number of carbonyl (C=O) groups excluding carboxylic acids is 1. The number of hydrogen-bond donors (Lipinski definition) is 4. The number of allylic oxidation sites excluding steroid dienone is 3. The van der Waals surface area contributed by atoms with Gasteiger partial charge in [0.25, 0.3) is 5.91 Å². The summed E-state index contributed by atoms with van der Waals surface area (Å²) in [6, 6.07) is 3.42. The molecule has 0 aliphatic rings. The number of nitrogens with two attached hydrogens (primary N) is 2. The molecule has 1 amide bonds. The molecule has 0 bridgehead atoms. The van der Waals surface area contributed by atoms with Crippen molar-refractivity contribution in [3.8, 4) is 10.4 Å². The van der Waals surface area contributed by atoms with E-state index < -0.39 is 23.1 Å². The smallest absolute Gasteiger partial charge is 0.251 e. The first-order chi connectivity index (χ1) is 14.9. The number of rotatable bonds is 10. The standard InChI is InChI=1S/C23H27F2N3O3S/c1-13(8-9-31-4)6-5-7-19(26)28-22-15(21(27)29)12-18(32-22)20-16(24)10-14(11-17(20)25)23(2,3)30/h5-7,10-12,28,30H,1,8-9,26H2,2-4H3,(H2,27,29)/b6-5-,19-7+. The summed E-state index contributed by atoms with van der Waals surface area (Å²) in [6.07, 6.45) is 5.66. The molecular weight excluding hydrogens is 436 g/mol. The van der Waals surface area contributed by atoms with Crippen LogP contribution in [0.5, 0.6) is 0 Å². The minimum absolute atomic E-state index is 0.0419. The highest BCUT2D eigenvalue weighted by Crippen LogP contribution is 2.39. The van der Waals surface area contributed by atoms with Crippen LogP contribution in [0.25, 0.3) is 10.4 Å². The Bertz CT molecular complexity index is 1050. The molecule has 9 heteroatoms. The van der Waals surface area contributed by atoms with Gasteiger partial charge in [-0.2, -0.15) is 0 Å². The van der Waals surface area contributed by atoms with E-state index >= 15 is 0 Å². The molecule has 2 rings (SSSR count). The van der Waals surface area contributed by atoms with Crippen LogP contribution in [-0.4, -0.2) is 24.7 Å². The maximum absolute atomic E-state index is 14.7. The molecule has 0 atom stereocenters. The minimum atomic E-state index is -1.41. The molecule has 2 aromatic rings. The van der Waals surface area contributed by atoms with Crippen LogP contribution in [0.1, 0.15) is 36.2 Å². The van der Waals surface area contributed by atoms with E-state index in [-0.39, 0.29) is 32.4 Å². The number of benzene rings is 1. The summed E-state index contributed by atoms with van der Waals surface area (Å²) in [5.74, 6) is -2.32. The average Bonchev–Trinajstić information content (AvgIpc) is 3.08. The number of aliphatic hydroxyl groups is 1. The highest BCUT2D eigenvalue weighted by Gasteiger charge is 2.24. The fourth-order valence-corrected chi connectivity index (χ4v) is 3.86. The van der Waals surface area contributed by atoms with Crippen molar-refractivity contribution >= 4 is 22.2 Å². The van der Waals surface area contributed by atoms with Crippen LogP contribution in [0.2, 0.25) is 0 Å². The summed E-state index contributed by atoms with van der Waals surface area (Å²) in [4.78, 5) is 12.0. The van der Waals surface area contributed by atoms with Gasteiger partial charge in [-0.1, -0.05) is 24.3 Å². The fraction of sp³-hybridized carbons (Fsp3) is 0.261. The monoisotopic (exact) mass is 463 g/mol. The molecule has 32 heavy (non-hydrogen) atoms. The number of primary amides is 1. The van der Waals surface area contributed by atoms with E-state index in [1.54, 1.807) is 25.3 Å². The third kappa shape index (κ3) is 6.49. The molecule has 0 radical (unpaired) electrons. The number of anilines is 1. The number of methoxy groups -OCH3 is 1. The largest absolute Gasteiger partial charge is 0.386 e. The van der Waals surface area contributed by atoms with Gasteiger partial charge in [0, 0.05) is 12.0 Å². The van der Waals surface area contributed by atoms with E-state index in [2.05, 4.69) is 11.9 Å². The fourth-order valence-electron chi connectivity index (χ4n) is 2.73. The normalized spacial score (nSPS) is 12.4. The van der Waals surface area contributed by atoms with Gasteiger partial charge in [0.2, 0.25) is 0 Å². The van der Waals surface area contributed by atoms with Crippen molar-refractivity contribution in [3.63, 3.8) is 0 Å². The molecule has 1 aromatic carbocycles. The number of hydrogen-bond acceptors (Lipinski definition) is 6. The number of amides is 1. The van der Waals surface area contributed by atoms with Crippen molar-refractivity contribution in [3.05, 3.63) is 77.2 Å². The summed E-state index contributed by atoms with van der Waals surface area (Å²) >= 11 is 0.928. The summed E-state index contributed by atoms with van der Waals surface area (Å²) in [5.41, 5.74) is 10.6. The topological polar surface area (TPSA) is 111 Å². The Morgan fingerprint density at radius 3 is 2.44 bits per heavy atom. The van der Waals surface area contributed by atoms with Gasteiger partial charge in [0.1, 0.15) is 22.5 Å². The predicted molar refractivity (Wildman–Crippen MR) is 124 cm³/mol. The van der Waals surface area contributed by atoms with Crippen molar-refractivity contribution in [2.75, 3.05) is 19.0 Å². The van der Waals surface area contributed by atoms with Crippen LogP contribution < -0.4 is 16.8 Å². The lowest BCUT2D eigenvalue weighted by atomic mass is 9.96. The van der Waals surface area contributed by atoms with E-state index in [0.717, 1.165) is 29.0 Å². The summed E-state index contributed by atoms with van der Waals surface area (Å²) < 4.78 is 34.4. The van der Waals surface area contributed by atoms with Gasteiger partial charge >= 0.3 is 0 Å². The van der Waals surface area contributed by atoms with Crippen LogP contribution in [0.15, 0.2) is 54.4 Å². The van der Waals surface area contributed by atoms with E-state index in [1.807, 2.05) is 0 Å². The van der Waals surface area contributed by atoms with Crippen LogP contribution in [0.4, 0.5) is 13.8 Å². The number of thiophene rings is 1. The number of nitrogens with one attached hydrogen (secondary N) is 1. The zero-order valence-corrected chi connectivity index (χ0v) is 19.0. The predicted octanol–water partition coefficient (Wildman–Crippen LogP) is 4.38. The van der Waals surface area contributed by atoms with Gasteiger partial charge in [-0.3, -0.25) is 4.79 Å². The Kier molecular flexibility index (Phi) is 8.31. The Morgan fingerprint density at radius 2 is 1.91 bits per heavy atom. The molecule has 1 heterocycles. The Balaban J connectivity index is 2.34. The molecule has 1 aromatic heterocycles. The van der Waals surface area contributed by atoms with Crippen LogP contribution >= 0.6 is 11.3 Å². The van der Waals surface area contributed by atoms with Crippen LogP contribution in [-0.2, 0) is 10.3 Å². The molecule has 0 unspecified atom stereocenters. The third-order valence-electron chi connectivity index (χ3n) is 4.49. The highest BCUT2D eigenvalue weighted by atomic mass is 32.1. The molecule has 0 aliphatic carbocycles. The SMILES string of the molecule is C=C(/C=C\C=C(/N)Nc1sc(-c2c(F)cc(C(C)(C)O)cc2F)cc1C(N)=O)CCOC. The van der Waals surface area contributed by atoms with Gasteiger partial charge in [0.05, 0.1) is 23.3 Å². The van der Waals surface area contributed by atoms with Crippen molar-refractivity contribution < 1.29 is 23.4 Å². The maximum atomic E-state index is 14.7. The molecule has 0 saturated carbocycles. The van der Waals surface area contributed by atoms with E-state index in [0.29, 0.717) is 13.0 Å². The van der Waals surface area contributed by atoms with Crippen LogP contribution in [0.3, 0.4) is 0 Å². The molecule has 6 nitrogen and oxygen atoms in total. The molecule has 6 N–H and O–H groups in total. The zero-order valence-electron chi connectivity index (χ0n) is 18.2. The number of carbonyl (C=O) groups is 1. The lowest BCUT2D eigenvalue weighted by Gasteiger charge is -2.18. The first-order valence-electron chi connectivity index (χ1n) is 9.67. The third-order valence-corrected chi connectivity index (χ3v) is 5.55. The average molecular weight is 464 g/mol. The van der Waals surface area contributed by atoms with Gasteiger partial charge < -0.3 is 26.6 Å². The second kappa shape index (κ2) is 10.5. The van der Waals surface area contributed by atoms with E-state index in [4.69, 9.17) is 16.2 Å². The Labute approximate surface area is 189 Å².